The summed E-state index contributed by atoms with van der Waals surface area (Å²) in [5.41, 5.74) is -0.160. The molecule has 1 amide bonds. The molecule has 2 saturated carbocycles. The highest BCUT2D eigenvalue weighted by atomic mass is 79.9. The van der Waals surface area contributed by atoms with Crippen LogP contribution in [0.25, 0.3) is 0 Å². The zero-order valence-corrected chi connectivity index (χ0v) is 17.2. The molecule has 0 saturated heterocycles. The first-order valence-electron chi connectivity index (χ1n) is 9.02. The first kappa shape index (κ1) is 19.2. The van der Waals surface area contributed by atoms with Crippen LogP contribution in [0.5, 0.6) is 0 Å². The topological polar surface area (TPSA) is 82.5 Å². The minimum Gasteiger partial charge on any atom is -0.464 e. The Morgan fingerprint density at radius 3 is 2.38 bits per heavy atom. The smallest absolute Gasteiger partial charge is 0.407 e. The van der Waals surface area contributed by atoms with Crippen molar-refractivity contribution < 1.29 is 19.1 Å². The molecular formula is C18H26BrN3O4. The average Bonchev–Trinajstić information content (AvgIpc) is 3.42. The van der Waals surface area contributed by atoms with Crippen LogP contribution < -0.4 is 5.32 Å². The van der Waals surface area contributed by atoms with Gasteiger partial charge in [-0.05, 0) is 74.2 Å². The molecule has 1 aromatic heterocycles. The molecule has 8 heteroatoms. The van der Waals surface area contributed by atoms with Gasteiger partial charge in [0.15, 0.2) is 0 Å². The largest absolute Gasteiger partial charge is 0.464 e. The highest BCUT2D eigenvalue weighted by Gasteiger charge is 2.47. The lowest BCUT2D eigenvalue weighted by atomic mass is 9.98. The predicted octanol–water partition coefficient (Wildman–Crippen LogP) is 3.69. The summed E-state index contributed by atoms with van der Waals surface area (Å²) in [5, 5.41) is 7.55. The summed E-state index contributed by atoms with van der Waals surface area (Å²) in [6, 6.07) is 1.46. The number of hydrogen-bond donors (Lipinski definition) is 1. The quantitative estimate of drug-likeness (QED) is 0.699. The Morgan fingerprint density at radius 1 is 1.27 bits per heavy atom. The van der Waals surface area contributed by atoms with Crippen LogP contribution in [0.3, 0.4) is 0 Å². The van der Waals surface area contributed by atoms with E-state index in [0.717, 1.165) is 25.7 Å². The fraction of sp³-hybridized carbons (Fsp3) is 0.722. The van der Waals surface area contributed by atoms with Crippen LogP contribution in [0.2, 0.25) is 0 Å². The fourth-order valence-corrected chi connectivity index (χ4v) is 3.70. The molecule has 1 N–H and O–H groups in total. The maximum Gasteiger partial charge on any atom is 0.407 e. The van der Waals surface area contributed by atoms with E-state index in [0.29, 0.717) is 22.1 Å². The van der Waals surface area contributed by atoms with Crippen molar-refractivity contribution in [2.45, 2.75) is 64.1 Å². The molecule has 0 bridgehead atoms. The van der Waals surface area contributed by atoms with Crippen LogP contribution in [0.15, 0.2) is 10.7 Å². The summed E-state index contributed by atoms with van der Waals surface area (Å²) >= 11 is 3.36. The molecule has 7 nitrogen and oxygen atoms in total. The number of nitrogens with one attached hydrogen (secondary N) is 1. The van der Waals surface area contributed by atoms with Crippen LogP contribution in [0.4, 0.5) is 4.79 Å². The Bertz CT molecular complexity index is 689. The van der Waals surface area contributed by atoms with Crippen LogP contribution in [0.1, 0.15) is 63.0 Å². The van der Waals surface area contributed by atoms with Crippen molar-refractivity contribution in [3.05, 3.63) is 16.4 Å². The number of nitrogens with zero attached hydrogens (tertiary/aromatic N) is 2. The number of carbonyl (C=O) groups is 2. The van der Waals surface area contributed by atoms with Gasteiger partial charge in [-0.1, -0.05) is 0 Å². The lowest BCUT2D eigenvalue weighted by molar-refractivity contribution is 0.0468. The molecule has 0 spiro atoms. The van der Waals surface area contributed by atoms with Gasteiger partial charge in [0.05, 0.1) is 19.2 Å². The maximum absolute atomic E-state index is 12.4. The Kier molecular flexibility index (Phi) is 5.33. The van der Waals surface area contributed by atoms with E-state index < -0.39 is 17.7 Å². The van der Waals surface area contributed by atoms with Gasteiger partial charge in [0, 0.05) is 6.07 Å². The summed E-state index contributed by atoms with van der Waals surface area (Å²) in [6.07, 6.45) is 3.80. The number of hydrogen-bond acceptors (Lipinski definition) is 5. The lowest BCUT2D eigenvalue weighted by Gasteiger charge is -2.30. The van der Waals surface area contributed by atoms with Crippen molar-refractivity contribution in [1.82, 2.24) is 15.1 Å². The highest BCUT2D eigenvalue weighted by Crippen LogP contribution is 2.48. The van der Waals surface area contributed by atoms with Gasteiger partial charge < -0.3 is 14.8 Å². The standard InChI is InChI=1S/C18H26BrN3O4/c1-18(2,3)26-17(24)20-14(10-5-6-10)15(11-7-8-11)22-12(16(23)25-4)9-13(19)21-22/h9-11,14-15H,5-8H2,1-4H3,(H,20,24). The van der Waals surface area contributed by atoms with Crippen molar-refractivity contribution >= 4 is 28.0 Å². The third kappa shape index (κ3) is 4.58. The number of alkyl carbamates (subject to hydrolysis) is 1. The molecule has 144 valence electrons. The number of aromatic nitrogens is 2. The minimum atomic E-state index is -0.556. The molecule has 0 aliphatic heterocycles. The summed E-state index contributed by atoms with van der Waals surface area (Å²) in [6.45, 7) is 5.53. The second-order valence-electron chi connectivity index (χ2n) is 8.13. The van der Waals surface area contributed by atoms with Gasteiger partial charge in [-0.15, -0.1) is 0 Å². The number of ether oxygens (including phenoxy) is 2. The van der Waals surface area contributed by atoms with Crippen LogP contribution in [-0.4, -0.2) is 40.6 Å². The summed E-state index contributed by atoms with van der Waals surface area (Å²) in [7, 11) is 1.36. The lowest BCUT2D eigenvalue weighted by Crippen LogP contribution is -2.46. The van der Waals surface area contributed by atoms with E-state index in [4.69, 9.17) is 9.47 Å². The molecule has 2 unspecified atom stereocenters. The van der Waals surface area contributed by atoms with Gasteiger partial charge in [-0.25, -0.2) is 9.59 Å². The molecule has 2 fully saturated rings. The normalized spacial score (nSPS) is 19.6. The van der Waals surface area contributed by atoms with Crippen LogP contribution in [0, 0.1) is 11.8 Å². The first-order valence-corrected chi connectivity index (χ1v) is 9.82. The Balaban J connectivity index is 1.88. The molecule has 3 rings (SSSR count). The van der Waals surface area contributed by atoms with Gasteiger partial charge in [0.2, 0.25) is 0 Å². The van der Waals surface area contributed by atoms with Gasteiger partial charge >= 0.3 is 12.1 Å². The van der Waals surface area contributed by atoms with Gasteiger partial charge in [-0.3, -0.25) is 4.68 Å². The maximum atomic E-state index is 12.4. The van der Waals surface area contributed by atoms with E-state index in [1.807, 2.05) is 20.8 Å². The number of rotatable bonds is 6. The van der Waals surface area contributed by atoms with E-state index in [1.165, 1.54) is 7.11 Å². The van der Waals surface area contributed by atoms with Crippen molar-refractivity contribution in [1.29, 1.82) is 0 Å². The van der Waals surface area contributed by atoms with Gasteiger partial charge in [0.25, 0.3) is 0 Å². The van der Waals surface area contributed by atoms with Crippen molar-refractivity contribution in [3.63, 3.8) is 0 Å². The Labute approximate surface area is 161 Å². The molecule has 0 radical (unpaired) electrons. The minimum absolute atomic E-state index is 0.0876. The molecule has 0 aromatic carbocycles. The number of methoxy groups -OCH3 is 1. The SMILES string of the molecule is COC(=O)c1cc(Br)nn1C(C1CC1)C(NC(=O)OC(C)(C)C)C1CC1. The van der Waals surface area contributed by atoms with E-state index in [9.17, 15) is 9.59 Å². The van der Waals surface area contributed by atoms with Crippen molar-refractivity contribution in [2.75, 3.05) is 7.11 Å². The summed E-state index contributed by atoms with van der Waals surface area (Å²) in [4.78, 5) is 24.6. The van der Waals surface area contributed by atoms with Crippen molar-refractivity contribution in [2.24, 2.45) is 11.8 Å². The second-order valence-corrected chi connectivity index (χ2v) is 8.94. The van der Waals surface area contributed by atoms with Crippen LogP contribution in [-0.2, 0) is 9.47 Å². The fourth-order valence-electron chi connectivity index (χ4n) is 3.31. The van der Waals surface area contributed by atoms with Crippen LogP contribution >= 0.6 is 15.9 Å². The predicted molar refractivity (Wildman–Crippen MR) is 98.9 cm³/mol. The first-order chi connectivity index (χ1) is 12.2. The number of amides is 1. The summed E-state index contributed by atoms with van der Waals surface area (Å²) < 4.78 is 12.7. The van der Waals surface area contributed by atoms with Gasteiger partial charge in [0.1, 0.15) is 15.9 Å². The molecule has 26 heavy (non-hydrogen) atoms. The van der Waals surface area contributed by atoms with E-state index in [-0.39, 0.29) is 12.1 Å². The van der Waals surface area contributed by atoms with Crippen molar-refractivity contribution in [3.8, 4) is 0 Å². The summed E-state index contributed by atoms with van der Waals surface area (Å²) in [5.74, 6) is 0.327. The molecule has 1 heterocycles. The van der Waals surface area contributed by atoms with E-state index >= 15 is 0 Å². The Hall–Kier alpha value is -1.57. The highest BCUT2D eigenvalue weighted by molar-refractivity contribution is 9.10. The average molecular weight is 428 g/mol. The number of esters is 1. The second kappa shape index (κ2) is 7.21. The van der Waals surface area contributed by atoms with E-state index in [1.54, 1.807) is 10.7 Å². The molecule has 2 aliphatic carbocycles. The molecule has 2 atom stereocenters. The third-order valence-electron chi connectivity index (χ3n) is 4.67. The zero-order valence-electron chi connectivity index (χ0n) is 15.6. The molecule has 1 aromatic rings. The molecular weight excluding hydrogens is 402 g/mol. The van der Waals surface area contributed by atoms with E-state index in [2.05, 4.69) is 26.3 Å². The number of halogens is 1. The zero-order chi connectivity index (χ0) is 19.1. The molecule has 2 aliphatic rings. The monoisotopic (exact) mass is 427 g/mol. The Morgan fingerprint density at radius 2 is 1.88 bits per heavy atom. The number of carbonyl (C=O) groups excluding carboxylic acids is 2. The van der Waals surface area contributed by atoms with Gasteiger partial charge in [-0.2, -0.15) is 5.10 Å². The third-order valence-corrected chi connectivity index (χ3v) is 5.06.